The fourth-order valence-corrected chi connectivity index (χ4v) is 3.39. The summed E-state index contributed by atoms with van der Waals surface area (Å²) in [7, 11) is 0. The van der Waals surface area contributed by atoms with Crippen LogP contribution >= 0.6 is 0 Å². The van der Waals surface area contributed by atoms with Gasteiger partial charge < -0.3 is 4.74 Å². The second kappa shape index (κ2) is 6.40. The molecule has 25 heavy (non-hydrogen) atoms. The van der Waals surface area contributed by atoms with Gasteiger partial charge in [-0.05, 0) is 51.7 Å². The third-order valence-electron chi connectivity index (χ3n) is 4.46. The minimum absolute atomic E-state index is 0.282. The quantitative estimate of drug-likeness (QED) is 0.349. The standard InChI is InChI=1S/C23H18O2/c1-2-25-23(24)21-14-8-7-13-20(21)22-18-11-5-3-9-16(18)15-17-10-4-6-12-19(17)22/h3-15H,2H2,1H3. The first-order valence-electron chi connectivity index (χ1n) is 8.46. The van der Waals surface area contributed by atoms with Crippen LogP contribution in [0.5, 0.6) is 0 Å². The molecule has 0 spiro atoms. The molecule has 0 N–H and O–H groups in total. The molecule has 0 fully saturated rings. The Morgan fingerprint density at radius 3 is 2.00 bits per heavy atom. The fraction of sp³-hybridized carbons (Fsp3) is 0.0870. The van der Waals surface area contributed by atoms with Crippen molar-refractivity contribution in [3.05, 3.63) is 84.4 Å². The molecule has 0 aliphatic carbocycles. The van der Waals surface area contributed by atoms with Gasteiger partial charge in [-0.2, -0.15) is 0 Å². The van der Waals surface area contributed by atoms with Gasteiger partial charge in [0.05, 0.1) is 12.2 Å². The van der Waals surface area contributed by atoms with Crippen molar-refractivity contribution in [3.63, 3.8) is 0 Å². The Morgan fingerprint density at radius 2 is 1.36 bits per heavy atom. The molecule has 0 amide bonds. The zero-order chi connectivity index (χ0) is 17.2. The molecule has 0 heterocycles. The molecule has 2 heteroatoms. The number of hydrogen-bond acceptors (Lipinski definition) is 2. The lowest BCUT2D eigenvalue weighted by atomic mass is 9.90. The Bertz CT molecular complexity index is 1030. The molecule has 0 saturated carbocycles. The normalized spacial score (nSPS) is 10.9. The zero-order valence-electron chi connectivity index (χ0n) is 14.0. The summed E-state index contributed by atoms with van der Waals surface area (Å²) >= 11 is 0. The van der Waals surface area contributed by atoms with Crippen LogP contribution in [0.25, 0.3) is 32.7 Å². The van der Waals surface area contributed by atoms with Crippen molar-refractivity contribution < 1.29 is 9.53 Å². The van der Waals surface area contributed by atoms with Crippen LogP contribution in [-0.4, -0.2) is 12.6 Å². The maximum Gasteiger partial charge on any atom is 0.338 e. The number of carbonyl (C=O) groups excluding carboxylic acids is 1. The topological polar surface area (TPSA) is 26.3 Å². The summed E-state index contributed by atoms with van der Waals surface area (Å²) in [4.78, 5) is 12.5. The summed E-state index contributed by atoms with van der Waals surface area (Å²) in [5, 5.41) is 4.60. The number of fused-ring (bicyclic) bond motifs is 2. The van der Waals surface area contributed by atoms with Crippen LogP contribution < -0.4 is 0 Å². The highest BCUT2D eigenvalue weighted by atomic mass is 16.5. The van der Waals surface area contributed by atoms with Gasteiger partial charge in [0.25, 0.3) is 0 Å². The molecule has 0 unspecified atom stereocenters. The summed E-state index contributed by atoms with van der Waals surface area (Å²) in [6.07, 6.45) is 0. The van der Waals surface area contributed by atoms with Gasteiger partial charge in [-0.1, -0.05) is 66.7 Å². The minimum atomic E-state index is -0.282. The lowest BCUT2D eigenvalue weighted by Crippen LogP contribution is -2.06. The highest BCUT2D eigenvalue weighted by Crippen LogP contribution is 2.38. The Labute approximate surface area is 146 Å². The smallest absolute Gasteiger partial charge is 0.338 e. The lowest BCUT2D eigenvalue weighted by molar-refractivity contribution is 0.0527. The molecule has 4 aromatic rings. The molecule has 4 rings (SSSR count). The Balaban J connectivity index is 2.11. The van der Waals surface area contributed by atoms with Gasteiger partial charge in [0.2, 0.25) is 0 Å². The first-order chi connectivity index (χ1) is 12.3. The average Bonchev–Trinajstić information content (AvgIpc) is 2.66. The van der Waals surface area contributed by atoms with E-state index < -0.39 is 0 Å². The van der Waals surface area contributed by atoms with E-state index in [1.54, 1.807) is 0 Å². The van der Waals surface area contributed by atoms with Crippen molar-refractivity contribution >= 4 is 27.5 Å². The summed E-state index contributed by atoms with van der Waals surface area (Å²) in [5.41, 5.74) is 2.59. The molecular weight excluding hydrogens is 308 g/mol. The maximum absolute atomic E-state index is 12.5. The third-order valence-corrected chi connectivity index (χ3v) is 4.46. The van der Waals surface area contributed by atoms with E-state index in [0.717, 1.165) is 32.7 Å². The largest absolute Gasteiger partial charge is 0.462 e. The Kier molecular flexibility index (Phi) is 3.95. The number of rotatable bonds is 3. The van der Waals surface area contributed by atoms with Crippen molar-refractivity contribution in [2.24, 2.45) is 0 Å². The first-order valence-corrected chi connectivity index (χ1v) is 8.46. The number of hydrogen-bond donors (Lipinski definition) is 0. The van der Waals surface area contributed by atoms with Crippen molar-refractivity contribution in [1.29, 1.82) is 0 Å². The predicted molar refractivity (Wildman–Crippen MR) is 103 cm³/mol. The van der Waals surface area contributed by atoms with E-state index in [9.17, 15) is 4.79 Å². The van der Waals surface area contributed by atoms with Gasteiger partial charge in [0, 0.05) is 0 Å². The van der Waals surface area contributed by atoms with Crippen LogP contribution in [0.2, 0.25) is 0 Å². The Hall–Kier alpha value is -3.13. The summed E-state index contributed by atoms with van der Waals surface area (Å²) in [6, 6.07) is 26.5. The van der Waals surface area contributed by atoms with Crippen molar-refractivity contribution in [2.45, 2.75) is 6.92 Å². The van der Waals surface area contributed by atoms with E-state index in [4.69, 9.17) is 4.74 Å². The molecule has 0 bridgehead atoms. The molecular formula is C23H18O2. The van der Waals surface area contributed by atoms with Gasteiger partial charge in [0.15, 0.2) is 0 Å². The average molecular weight is 326 g/mol. The van der Waals surface area contributed by atoms with Crippen molar-refractivity contribution in [3.8, 4) is 11.1 Å². The van der Waals surface area contributed by atoms with E-state index in [1.165, 1.54) is 0 Å². The molecule has 0 aliphatic heterocycles. The lowest BCUT2D eigenvalue weighted by Gasteiger charge is -2.15. The van der Waals surface area contributed by atoms with E-state index in [-0.39, 0.29) is 5.97 Å². The van der Waals surface area contributed by atoms with E-state index in [0.29, 0.717) is 12.2 Å². The summed E-state index contributed by atoms with van der Waals surface area (Å²) < 4.78 is 5.28. The van der Waals surface area contributed by atoms with E-state index >= 15 is 0 Å². The van der Waals surface area contributed by atoms with E-state index in [1.807, 2.05) is 55.5 Å². The van der Waals surface area contributed by atoms with Gasteiger partial charge in [-0.3, -0.25) is 0 Å². The molecule has 2 nitrogen and oxygen atoms in total. The fourth-order valence-electron chi connectivity index (χ4n) is 3.39. The molecule has 0 saturated heterocycles. The second-order valence-electron chi connectivity index (χ2n) is 5.96. The molecule has 4 aromatic carbocycles. The number of esters is 1. The van der Waals surface area contributed by atoms with Crippen LogP contribution in [0.4, 0.5) is 0 Å². The van der Waals surface area contributed by atoms with E-state index in [2.05, 4.69) is 30.3 Å². The highest BCUT2D eigenvalue weighted by Gasteiger charge is 2.17. The van der Waals surface area contributed by atoms with Crippen LogP contribution in [-0.2, 0) is 4.74 Å². The Morgan fingerprint density at radius 1 is 0.800 bits per heavy atom. The van der Waals surface area contributed by atoms with Crippen molar-refractivity contribution in [2.75, 3.05) is 6.61 Å². The number of benzene rings is 4. The van der Waals surface area contributed by atoms with Crippen LogP contribution in [0, 0.1) is 0 Å². The summed E-state index contributed by atoms with van der Waals surface area (Å²) in [6.45, 7) is 2.19. The zero-order valence-corrected chi connectivity index (χ0v) is 14.0. The van der Waals surface area contributed by atoms with Gasteiger partial charge >= 0.3 is 5.97 Å². The van der Waals surface area contributed by atoms with Crippen LogP contribution in [0.1, 0.15) is 17.3 Å². The third kappa shape index (κ3) is 2.66. The molecule has 0 atom stereocenters. The van der Waals surface area contributed by atoms with Gasteiger partial charge in [0.1, 0.15) is 0 Å². The molecule has 0 aliphatic rings. The van der Waals surface area contributed by atoms with Crippen LogP contribution in [0.15, 0.2) is 78.9 Å². The molecule has 0 aromatic heterocycles. The SMILES string of the molecule is CCOC(=O)c1ccccc1-c1c2ccccc2cc2ccccc12. The highest BCUT2D eigenvalue weighted by molar-refractivity contribution is 6.15. The monoisotopic (exact) mass is 326 g/mol. The van der Waals surface area contributed by atoms with Crippen LogP contribution in [0.3, 0.4) is 0 Å². The maximum atomic E-state index is 12.5. The second-order valence-corrected chi connectivity index (χ2v) is 5.96. The molecule has 122 valence electrons. The molecule has 0 radical (unpaired) electrons. The van der Waals surface area contributed by atoms with Gasteiger partial charge in [-0.25, -0.2) is 4.79 Å². The minimum Gasteiger partial charge on any atom is -0.462 e. The van der Waals surface area contributed by atoms with Gasteiger partial charge in [-0.15, -0.1) is 0 Å². The van der Waals surface area contributed by atoms with Crippen molar-refractivity contribution in [1.82, 2.24) is 0 Å². The number of ether oxygens (including phenoxy) is 1. The number of carbonyl (C=O) groups is 1. The summed E-state index contributed by atoms with van der Waals surface area (Å²) in [5.74, 6) is -0.282. The first kappa shape index (κ1) is 15.4. The predicted octanol–water partition coefficient (Wildman–Crippen LogP) is 5.84.